The Hall–Kier alpha value is -1.10. The van der Waals surface area contributed by atoms with Crippen molar-refractivity contribution in [2.75, 3.05) is 0 Å². The van der Waals surface area contributed by atoms with Crippen LogP contribution in [0.1, 0.15) is 86.0 Å². The molecule has 0 aromatic heterocycles. The maximum absolute atomic E-state index is 13.3. The smallest absolute Gasteiger partial charge is 0.351 e. The lowest BCUT2D eigenvalue weighted by atomic mass is 9.66. The van der Waals surface area contributed by atoms with Crippen LogP contribution < -0.4 is 0 Å². The van der Waals surface area contributed by atoms with E-state index in [9.17, 15) is 9.59 Å². The maximum Gasteiger partial charge on any atom is 0.351 e. The van der Waals surface area contributed by atoms with Crippen molar-refractivity contribution in [1.82, 2.24) is 0 Å². The monoisotopic (exact) mass is 364 g/mol. The molecule has 0 radical (unpaired) electrons. The number of epoxide rings is 1. The lowest BCUT2D eigenvalue weighted by molar-refractivity contribution is -0.190. The number of hydrogen-bond acceptors (Lipinski definition) is 5. The highest BCUT2D eigenvalue weighted by atomic mass is 16.7. The van der Waals surface area contributed by atoms with Crippen LogP contribution >= 0.6 is 0 Å². The van der Waals surface area contributed by atoms with Gasteiger partial charge in [-0.05, 0) is 52.4 Å². The third-order valence-corrected chi connectivity index (χ3v) is 8.47. The second-order valence-electron chi connectivity index (χ2n) is 9.79. The molecule has 0 aromatic rings. The van der Waals surface area contributed by atoms with E-state index in [1.165, 1.54) is 0 Å². The van der Waals surface area contributed by atoms with Crippen molar-refractivity contribution in [1.29, 1.82) is 0 Å². The van der Waals surface area contributed by atoms with E-state index >= 15 is 0 Å². The Kier molecular flexibility index (Phi) is 3.68. The first-order chi connectivity index (χ1) is 12.1. The van der Waals surface area contributed by atoms with E-state index in [1.54, 1.807) is 0 Å². The number of carbonyl (C=O) groups is 2. The molecule has 2 unspecified atom stereocenters. The highest BCUT2D eigenvalue weighted by molar-refractivity contribution is 5.93. The third kappa shape index (κ3) is 1.91. The summed E-state index contributed by atoms with van der Waals surface area (Å²) in [5.74, 6) is -0.625. The van der Waals surface area contributed by atoms with Crippen LogP contribution in [0.25, 0.3) is 0 Å². The molecule has 4 fully saturated rings. The molecule has 5 heteroatoms. The summed E-state index contributed by atoms with van der Waals surface area (Å²) in [6.45, 7) is 10.2. The molecule has 26 heavy (non-hydrogen) atoms. The standard InChI is InChI=1S/C21H32O5/c1-6-7-11-20-14(9-8-10-19(20,5)26-20)24-16(23)21-13-12-18(4,15(22)25-21)17(21,2)3/h14H,6-13H2,1-5H3/t14-,18?,19-,20+,21?/m1/s1. The normalized spacial score (nSPS) is 48.0. The molecule has 2 saturated carbocycles. The Bertz CT molecular complexity index is 657. The molecule has 2 aliphatic carbocycles. The molecule has 0 aromatic carbocycles. The number of fused-ring (bicyclic) bond motifs is 3. The lowest BCUT2D eigenvalue weighted by Gasteiger charge is -2.38. The van der Waals surface area contributed by atoms with Gasteiger partial charge >= 0.3 is 11.9 Å². The van der Waals surface area contributed by atoms with Gasteiger partial charge in [-0.2, -0.15) is 0 Å². The van der Waals surface area contributed by atoms with Crippen molar-refractivity contribution in [2.24, 2.45) is 10.8 Å². The van der Waals surface area contributed by atoms with Crippen LogP contribution in [-0.2, 0) is 23.8 Å². The number of ether oxygens (including phenoxy) is 3. The second-order valence-corrected chi connectivity index (χ2v) is 9.79. The van der Waals surface area contributed by atoms with Crippen LogP contribution in [0.2, 0.25) is 0 Å². The molecule has 2 bridgehead atoms. The van der Waals surface area contributed by atoms with Gasteiger partial charge in [0.2, 0.25) is 5.60 Å². The molecular formula is C21H32O5. The first-order valence-electron chi connectivity index (χ1n) is 10.2. The predicted octanol–water partition coefficient (Wildman–Crippen LogP) is 3.92. The van der Waals surface area contributed by atoms with Crippen molar-refractivity contribution in [3.63, 3.8) is 0 Å². The van der Waals surface area contributed by atoms with Gasteiger partial charge in [0.25, 0.3) is 0 Å². The van der Waals surface area contributed by atoms with Gasteiger partial charge in [0.15, 0.2) is 0 Å². The van der Waals surface area contributed by atoms with E-state index in [-0.39, 0.29) is 29.2 Å². The topological polar surface area (TPSA) is 65.1 Å². The average Bonchev–Trinajstić information content (AvgIpc) is 3.11. The van der Waals surface area contributed by atoms with E-state index in [4.69, 9.17) is 14.2 Å². The SMILES string of the molecule is CCCC[C@@]12O[C@]1(C)CCC[C@H]2OC(=O)C12CCC(C)(C(=O)O1)C2(C)C. The van der Waals surface area contributed by atoms with Crippen LogP contribution in [0.4, 0.5) is 0 Å². The summed E-state index contributed by atoms with van der Waals surface area (Å²) < 4.78 is 18.0. The zero-order valence-corrected chi connectivity index (χ0v) is 16.8. The summed E-state index contributed by atoms with van der Waals surface area (Å²) in [5, 5.41) is 0. The molecular weight excluding hydrogens is 332 g/mol. The molecule has 4 rings (SSSR count). The lowest BCUT2D eigenvalue weighted by Crippen LogP contribution is -2.52. The molecule has 2 aliphatic heterocycles. The minimum absolute atomic E-state index is 0.172. The summed E-state index contributed by atoms with van der Waals surface area (Å²) in [7, 11) is 0. The summed E-state index contributed by atoms with van der Waals surface area (Å²) in [5.41, 5.74) is -2.83. The van der Waals surface area contributed by atoms with Crippen molar-refractivity contribution >= 4 is 11.9 Å². The summed E-state index contributed by atoms with van der Waals surface area (Å²) >= 11 is 0. The summed E-state index contributed by atoms with van der Waals surface area (Å²) in [6, 6.07) is 0. The zero-order valence-electron chi connectivity index (χ0n) is 16.8. The van der Waals surface area contributed by atoms with Crippen LogP contribution in [0.5, 0.6) is 0 Å². The van der Waals surface area contributed by atoms with Gasteiger partial charge in [0.05, 0.1) is 11.0 Å². The Labute approximate surface area is 156 Å². The average molecular weight is 364 g/mol. The third-order valence-electron chi connectivity index (χ3n) is 8.47. The van der Waals surface area contributed by atoms with Crippen LogP contribution in [0.15, 0.2) is 0 Å². The molecule has 0 N–H and O–H groups in total. The Morgan fingerprint density at radius 3 is 2.50 bits per heavy atom. The van der Waals surface area contributed by atoms with E-state index in [1.807, 2.05) is 20.8 Å². The minimum atomic E-state index is -1.15. The molecule has 0 spiro atoms. The van der Waals surface area contributed by atoms with E-state index in [0.29, 0.717) is 12.8 Å². The van der Waals surface area contributed by atoms with E-state index in [0.717, 1.165) is 38.5 Å². The van der Waals surface area contributed by atoms with Crippen LogP contribution in [0.3, 0.4) is 0 Å². The number of rotatable bonds is 5. The Morgan fingerprint density at radius 1 is 1.19 bits per heavy atom. The van der Waals surface area contributed by atoms with Crippen molar-refractivity contribution < 1.29 is 23.8 Å². The molecule has 2 saturated heterocycles. The van der Waals surface area contributed by atoms with Gasteiger partial charge in [-0.3, -0.25) is 4.79 Å². The van der Waals surface area contributed by atoms with Crippen molar-refractivity contribution in [3.8, 4) is 0 Å². The highest BCUT2D eigenvalue weighted by Gasteiger charge is 2.78. The van der Waals surface area contributed by atoms with Crippen molar-refractivity contribution in [3.05, 3.63) is 0 Å². The molecule has 146 valence electrons. The van der Waals surface area contributed by atoms with E-state index in [2.05, 4.69) is 13.8 Å². The Morgan fingerprint density at radius 2 is 1.92 bits per heavy atom. The van der Waals surface area contributed by atoms with Gasteiger partial charge in [-0.1, -0.05) is 33.6 Å². The fraction of sp³-hybridized carbons (Fsp3) is 0.905. The molecule has 4 aliphatic rings. The fourth-order valence-corrected chi connectivity index (χ4v) is 5.90. The predicted molar refractivity (Wildman–Crippen MR) is 95.4 cm³/mol. The van der Waals surface area contributed by atoms with Crippen LogP contribution in [0, 0.1) is 10.8 Å². The number of esters is 2. The number of unbranched alkanes of at least 4 members (excludes halogenated alkanes) is 1. The molecule has 0 amide bonds. The first kappa shape index (κ1) is 18.3. The van der Waals surface area contributed by atoms with Gasteiger partial charge in [-0.25, -0.2) is 4.79 Å². The Balaban J connectivity index is 1.58. The van der Waals surface area contributed by atoms with Crippen molar-refractivity contribution in [2.45, 2.75) is 109 Å². The maximum atomic E-state index is 13.3. The van der Waals surface area contributed by atoms with Gasteiger partial charge < -0.3 is 14.2 Å². The van der Waals surface area contributed by atoms with Gasteiger partial charge in [0, 0.05) is 5.41 Å². The zero-order chi connectivity index (χ0) is 19.0. The molecule has 5 atom stereocenters. The summed E-state index contributed by atoms with van der Waals surface area (Å²) in [6.07, 6.45) is 6.91. The second kappa shape index (κ2) is 5.24. The fourth-order valence-electron chi connectivity index (χ4n) is 5.90. The quantitative estimate of drug-likeness (QED) is 0.546. The number of hydrogen-bond donors (Lipinski definition) is 0. The highest BCUT2D eigenvalue weighted by Crippen LogP contribution is 2.66. The first-order valence-corrected chi connectivity index (χ1v) is 10.2. The van der Waals surface area contributed by atoms with E-state index < -0.39 is 16.4 Å². The largest absolute Gasteiger partial charge is 0.456 e. The van der Waals surface area contributed by atoms with Gasteiger partial charge in [-0.15, -0.1) is 0 Å². The molecule has 5 nitrogen and oxygen atoms in total. The minimum Gasteiger partial charge on any atom is -0.456 e. The number of carbonyl (C=O) groups excluding carboxylic acids is 2. The van der Waals surface area contributed by atoms with Gasteiger partial charge in [0.1, 0.15) is 11.7 Å². The molecule has 2 heterocycles. The summed E-state index contributed by atoms with van der Waals surface area (Å²) in [4.78, 5) is 25.8. The van der Waals surface area contributed by atoms with Crippen LogP contribution in [-0.4, -0.2) is 34.8 Å².